The van der Waals surface area contributed by atoms with Gasteiger partial charge in [0.25, 0.3) is 0 Å². The minimum atomic E-state index is -4.42. The topological polar surface area (TPSA) is 41.6 Å². The number of carbonyl (C=O) groups is 1. The molecular weight excluding hydrogens is 352 g/mol. The molecule has 0 aliphatic heterocycles. The molecule has 0 saturated heterocycles. The average molecular weight is 376 g/mol. The fourth-order valence-electron chi connectivity index (χ4n) is 3.11. The van der Waals surface area contributed by atoms with Crippen LogP contribution >= 0.6 is 0 Å². The zero-order valence-electron chi connectivity index (χ0n) is 14.7. The number of hydrogen-bond acceptors (Lipinski definition) is 3. The number of anilines is 2. The van der Waals surface area contributed by atoms with Crippen LogP contribution in [-0.2, 0) is 9.53 Å². The maximum atomic E-state index is 14.4. The fourth-order valence-corrected chi connectivity index (χ4v) is 3.11. The molecule has 0 spiro atoms. The third-order valence-corrected chi connectivity index (χ3v) is 4.47. The highest BCUT2D eigenvalue weighted by Gasteiger charge is 2.27. The molecule has 0 radical (unpaired) electrons. The molecule has 1 aromatic carbocycles. The van der Waals surface area contributed by atoms with Crippen molar-refractivity contribution in [1.29, 1.82) is 0 Å². The largest absolute Gasteiger partial charge is 0.411 e. The molecule has 2 rings (SSSR count). The Morgan fingerprint density at radius 3 is 2.58 bits per heavy atom. The molecule has 0 unspecified atom stereocenters. The first-order chi connectivity index (χ1) is 12.3. The van der Waals surface area contributed by atoms with E-state index in [0.29, 0.717) is 11.7 Å². The standard InChI is InChI=1S/C18H24F4N2O2/c1-24(14-5-3-2-4-6-14)16-8-7-13(11-15(16)19)23-17(25)9-10-26-12-18(20,21)22/h7-8,11,14H,2-6,9-10,12H2,1H3,(H,23,25). The van der Waals surface area contributed by atoms with E-state index in [1.165, 1.54) is 12.5 Å². The monoisotopic (exact) mass is 376 g/mol. The van der Waals surface area contributed by atoms with Crippen molar-refractivity contribution < 1.29 is 27.1 Å². The molecule has 0 heterocycles. The smallest absolute Gasteiger partial charge is 0.372 e. The van der Waals surface area contributed by atoms with Crippen LogP contribution in [0.1, 0.15) is 38.5 Å². The van der Waals surface area contributed by atoms with E-state index < -0.39 is 24.5 Å². The van der Waals surface area contributed by atoms with Gasteiger partial charge in [-0.3, -0.25) is 4.79 Å². The van der Waals surface area contributed by atoms with Crippen LogP contribution in [0.5, 0.6) is 0 Å². The first-order valence-corrected chi connectivity index (χ1v) is 8.73. The molecule has 1 aliphatic carbocycles. The van der Waals surface area contributed by atoms with Gasteiger partial charge in [-0.25, -0.2) is 4.39 Å². The van der Waals surface area contributed by atoms with E-state index in [4.69, 9.17) is 0 Å². The van der Waals surface area contributed by atoms with Crippen LogP contribution in [0.25, 0.3) is 0 Å². The number of nitrogens with one attached hydrogen (secondary N) is 1. The molecule has 0 aromatic heterocycles. The van der Waals surface area contributed by atoms with Gasteiger partial charge in [0, 0.05) is 18.8 Å². The minimum absolute atomic E-state index is 0.235. The van der Waals surface area contributed by atoms with Gasteiger partial charge in [-0.1, -0.05) is 19.3 Å². The lowest BCUT2D eigenvalue weighted by atomic mass is 9.94. The second kappa shape index (κ2) is 9.21. The van der Waals surface area contributed by atoms with Gasteiger partial charge in [-0.2, -0.15) is 13.2 Å². The van der Waals surface area contributed by atoms with Gasteiger partial charge in [-0.05, 0) is 31.0 Å². The first-order valence-electron chi connectivity index (χ1n) is 8.73. The van der Waals surface area contributed by atoms with Crippen molar-refractivity contribution in [3.05, 3.63) is 24.0 Å². The van der Waals surface area contributed by atoms with Crippen molar-refractivity contribution in [3.8, 4) is 0 Å². The number of amides is 1. The maximum absolute atomic E-state index is 14.4. The molecule has 1 N–H and O–H groups in total. The SMILES string of the molecule is CN(c1ccc(NC(=O)CCOCC(F)(F)F)cc1F)C1CCCCC1. The third-order valence-electron chi connectivity index (χ3n) is 4.47. The molecule has 1 saturated carbocycles. The molecule has 146 valence electrons. The van der Waals surface area contributed by atoms with E-state index in [0.717, 1.165) is 25.7 Å². The van der Waals surface area contributed by atoms with Crippen molar-refractivity contribution >= 4 is 17.3 Å². The first kappa shape index (κ1) is 20.5. The highest BCUT2D eigenvalue weighted by molar-refractivity contribution is 5.91. The predicted molar refractivity (Wildman–Crippen MR) is 91.8 cm³/mol. The van der Waals surface area contributed by atoms with Crippen molar-refractivity contribution in [1.82, 2.24) is 0 Å². The van der Waals surface area contributed by atoms with Gasteiger partial charge in [-0.15, -0.1) is 0 Å². The summed E-state index contributed by atoms with van der Waals surface area (Å²) in [5.41, 5.74) is 0.743. The molecule has 26 heavy (non-hydrogen) atoms. The number of benzene rings is 1. The fraction of sp³-hybridized carbons (Fsp3) is 0.611. The summed E-state index contributed by atoms with van der Waals surface area (Å²) < 4.78 is 54.6. The van der Waals surface area contributed by atoms with Crippen LogP contribution in [-0.4, -0.2) is 38.4 Å². The van der Waals surface area contributed by atoms with E-state index in [9.17, 15) is 22.4 Å². The van der Waals surface area contributed by atoms with Gasteiger partial charge >= 0.3 is 6.18 Å². The quantitative estimate of drug-likeness (QED) is 0.563. The molecule has 4 nitrogen and oxygen atoms in total. The second-order valence-corrected chi connectivity index (χ2v) is 6.53. The Bertz CT molecular complexity index is 601. The van der Waals surface area contributed by atoms with E-state index in [-0.39, 0.29) is 18.7 Å². The number of alkyl halides is 3. The number of ether oxygens (including phenoxy) is 1. The Labute approximate surface area is 150 Å². The summed E-state index contributed by atoms with van der Waals surface area (Å²) in [5, 5.41) is 2.47. The Morgan fingerprint density at radius 2 is 1.96 bits per heavy atom. The highest BCUT2D eigenvalue weighted by Crippen LogP contribution is 2.29. The number of nitrogens with zero attached hydrogens (tertiary/aromatic N) is 1. The molecule has 1 fully saturated rings. The Balaban J connectivity index is 1.85. The lowest BCUT2D eigenvalue weighted by Gasteiger charge is -2.33. The van der Waals surface area contributed by atoms with Gasteiger partial charge in [0.2, 0.25) is 5.91 Å². The molecule has 0 atom stereocenters. The van der Waals surface area contributed by atoms with Gasteiger partial charge in [0.1, 0.15) is 12.4 Å². The third kappa shape index (κ3) is 6.48. The Kier molecular flexibility index (Phi) is 7.25. The molecule has 1 amide bonds. The lowest BCUT2D eigenvalue weighted by Crippen LogP contribution is -2.33. The van der Waals surface area contributed by atoms with Crippen molar-refractivity contribution in [2.45, 2.75) is 50.7 Å². The van der Waals surface area contributed by atoms with Crippen molar-refractivity contribution in [3.63, 3.8) is 0 Å². The van der Waals surface area contributed by atoms with Crippen LogP contribution < -0.4 is 10.2 Å². The normalized spacial score (nSPS) is 15.7. The molecule has 0 bridgehead atoms. The molecule has 1 aromatic rings. The van der Waals surface area contributed by atoms with Crippen molar-refractivity contribution in [2.75, 3.05) is 30.5 Å². The zero-order valence-corrected chi connectivity index (χ0v) is 14.7. The lowest BCUT2D eigenvalue weighted by molar-refractivity contribution is -0.174. The Hall–Kier alpha value is -1.83. The number of hydrogen-bond donors (Lipinski definition) is 1. The van der Waals surface area contributed by atoms with E-state index >= 15 is 0 Å². The van der Waals surface area contributed by atoms with Crippen LogP contribution in [0.3, 0.4) is 0 Å². The summed E-state index contributed by atoms with van der Waals surface area (Å²) in [5.74, 6) is -0.968. The van der Waals surface area contributed by atoms with Crippen LogP contribution in [0.4, 0.5) is 28.9 Å². The summed E-state index contributed by atoms with van der Waals surface area (Å²) in [6, 6.07) is 4.74. The average Bonchev–Trinajstić information content (AvgIpc) is 2.58. The number of carbonyl (C=O) groups excluding carboxylic acids is 1. The molecular formula is C18H24F4N2O2. The maximum Gasteiger partial charge on any atom is 0.411 e. The minimum Gasteiger partial charge on any atom is -0.372 e. The van der Waals surface area contributed by atoms with Gasteiger partial charge < -0.3 is 15.0 Å². The van der Waals surface area contributed by atoms with Crippen LogP contribution in [0.15, 0.2) is 18.2 Å². The second-order valence-electron chi connectivity index (χ2n) is 6.53. The van der Waals surface area contributed by atoms with E-state index in [1.807, 2.05) is 11.9 Å². The van der Waals surface area contributed by atoms with Crippen LogP contribution in [0.2, 0.25) is 0 Å². The number of halogens is 4. The highest BCUT2D eigenvalue weighted by atomic mass is 19.4. The summed E-state index contributed by atoms with van der Waals surface area (Å²) in [7, 11) is 1.87. The van der Waals surface area contributed by atoms with E-state index in [1.54, 1.807) is 12.1 Å². The summed E-state index contributed by atoms with van der Waals surface area (Å²) in [6.07, 6.45) is 0.909. The number of rotatable bonds is 7. The van der Waals surface area contributed by atoms with Gasteiger partial charge in [0.05, 0.1) is 18.7 Å². The summed E-state index contributed by atoms with van der Waals surface area (Å²) >= 11 is 0. The summed E-state index contributed by atoms with van der Waals surface area (Å²) in [4.78, 5) is 13.6. The Morgan fingerprint density at radius 1 is 1.27 bits per heavy atom. The molecule has 8 heteroatoms. The molecule has 1 aliphatic rings. The van der Waals surface area contributed by atoms with E-state index in [2.05, 4.69) is 10.1 Å². The van der Waals surface area contributed by atoms with Crippen molar-refractivity contribution in [2.24, 2.45) is 0 Å². The predicted octanol–water partition coefficient (Wildman–Crippen LogP) is 4.50. The van der Waals surface area contributed by atoms with Gasteiger partial charge in [0.15, 0.2) is 0 Å². The van der Waals surface area contributed by atoms with Crippen LogP contribution in [0, 0.1) is 5.82 Å². The zero-order chi connectivity index (χ0) is 19.2. The summed E-state index contributed by atoms with van der Waals surface area (Å²) in [6.45, 7) is -1.74.